The first-order valence-electron chi connectivity index (χ1n) is 7.42. The molecule has 2 N–H and O–H groups in total. The molecule has 0 saturated heterocycles. The SMILES string of the molecule is CCOc1ccc(CCN(C)Cc2ccccc2)cc1N. The topological polar surface area (TPSA) is 38.5 Å². The number of nitrogens with two attached hydrogens (primary N) is 1. The number of benzene rings is 2. The molecule has 112 valence electrons. The van der Waals surface area contributed by atoms with E-state index in [0.717, 1.165) is 30.9 Å². The molecule has 2 aromatic rings. The molecule has 3 heteroatoms. The fraction of sp³-hybridized carbons (Fsp3) is 0.333. The van der Waals surface area contributed by atoms with Crippen molar-refractivity contribution >= 4 is 5.69 Å². The van der Waals surface area contributed by atoms with Gasteiger partial charge in [-0.3, -0.25) is 0 Å². The minimum absolute atomic E-state index is 0.642. The maximum absolute atomic E-state index is 6.00. The summed E-state index contributed by atoms with van der Waals surface area (Å²) < 4.78 is 5.46. The summed E-state index contributed by atoms with van der Waals surface area (Å²) in [7, 11) is 2.14. The molecule has 0 atom stereocenters. The van der Waals surface area contributed by atoms with Gasteiger partial charge in [0.25, 0.3) is 0 Å². The highest BCUT2D eigenvalue weighted by Gasteiger charge is 2.04. The van der Waals surface area contributed by atoms with E-state index in [9.17, 15) is 0 Å². The number of likely N-dealkylation sites (N-methyl/N-ethyl adjacent to an activating group) is 1. The van der Waals surface area contributed by atoms with Crippen molar-refractivity contribution < 1.29 is 4.74 Å². The van der Waals surface area contributed by atoms with E-state index in [1.54, 1.807) is 0 Å². The Morgan fingerprint density at radius 1 is 1.05 bits per heavy atom. The highest BCUT2D eigenvalue weighted by molar-refractivity contribution is 5.54. The lowest BCUT2D eigenvalue weighted by atomic mass is 10.1. The predicted molar refractivity (Wildman–Crippen MR) is 88.5 cm³/mol. The third kappa shape index (κ3) is 4.80. The van der Waals surface area contributed by atoms with Crippen molar-refractivity contribution in [3.8, 4) is 5.75 Å². The minimum Gasteiger partial charge on any atom is -0.492 e. The van der Waals surface area contributed by atoms with Crippen LogP contribution in [0.3, 0.4) is 0 Å². The fourth-order valence-corrected chi connectivity index (χ4v) is 2.33. The van der Waals surface area contributed by atoms with Crippen molar-refractivity contribution in [1.82, 2.24) is 4.90 Å². The van der Waals surface area contributed by atoms with E-state index in [1.807, 2.05) is 25.1 Å². The maximum Gasteiger partial charge on any atom is 0.142 e. The van der Waals surface area contributed by atoms with Crippen LogP contribution in [0.1, 0.15) is 18.1 Å². The Morgan fingerprint density at radius 3 is 2.48 bits per heavy atom. The van der Waals surface area contributed by atoms with Gasteiger partial charge in [-0.1, -0.05) is 36.4 Å². The van der Waals surface area contributed by atoms with Gasteiger partial charge in [0.1, 0.15) is 5.75 Å². The first-order valence-corrected chi connectivity index (χ1v) is 7.42. The molecule has 0 aliphatic rings. The van der Waals surface area contributed by atoms with Crippen molar-refractivity contribution in [3.63, 3.8) is 0 Å². The smallest absolute Gasteiger partial charge is 0.142 e. The van der Waals surface area contributed by atoms with E-state index < -0.39 is 0 Å². The minimum atomic E-state index is 0.642. The molecule has 3 nitrogen and oxygen atoms in total. The quantitative estimate of drug-likeness (QED) is 0.793. The van der Waals surface area contributed by atoms with Crippen LogP contribution >= 0.6 is 0 Å². The summed E-state index contributed by atoms with van der Waals surface area (Å²) in [6.45, 7) is 4.57. The summed E-state index contributed by atoms with van der Waals surface area (Å²) >= 11 is 0. The van der Waals surface area contributed by atoms with Crippen molar-refractivity contribution in [2.45, 2.75) is 19.9 Å². The van der Waals surface area contributed by atoms with Gasteiger partial charge in [0.15, 0.2) is 0 Å². The lowest BCUT2D eigenvalue weighted by molar-refractivity contribution is 0.330. The van der Waals surface area contributed by atoms with Crippen LogP contribution in [0.15, 0.2) is 48.5 Å². The predicted octanol–water partition coefficient (Wildman–Crippen LogP) is 3.34. The van der Waals surface area contributed by atoms with Gasteiger partial charge in [0.2, 0.25) is 0 Å². The molecule has 0 bridgehead atoms. The van der Waals surface area contributed by atoms with Gasteiger partial charge in [-0.25, -0.2) is 0 Å². The van der Waals surface area contributed by atoms with E-state index in [0.29, 0.717) is 6.61 Å². The average molecular weight is 284 g/mol. The molecule has 0 aromatic heterocycles. The zero-order chi connectivity index (χ0) is 15.1. The molecule has 0 aliphatic heterocycles. The summed E-state index contributed by atoms with van der Waals surface area (Å²) in [4.78, 5) is 2.32. The van der Waals surface area contributed by atoms with Gasteiger partial charge in [-0.2, -0.15) is 0 Å². The number of hydrogen-bond acceptors (Lipinski definition) is 3. The normalized spacial score (nSPS) is 10.8. The molecule has 0 fully saturated rings. The lowest BCUT2D eigenvalue weighted by Gasteiger charge is -2.17. The summed E-state index contributed by atoms with van der Waals surface area (Å²) in [6, 6.07) is 16.6. The molecule has 21 heavy (non-hydrogen) atoms. The number of nitrogen functional groups attached to an aromatic ring is 1. The lowest BCUT2D eigenvalue weighted by Crippen LogP contribution is -2.20. The maximum atomic E-state index is 6.00. The first-order chi connectivity index (χ1) is 10.2. The molecule has 0 heterocycles. The van der Waals surface area contributed by atoms with E-state index in [1.165, 1.54) is 11.1 Å². The van der Waals surface area contributed by atoms with Gasteiger partial charge in [0.05, 0.1) is 12.3 Å². The van der Waals surface area contributed by atoms with Crippen molar-refractivity contribution in [2.24, 2.45) is 0 Å². The molecule has 2 aromatic carbocycles. The Bertz CT molecular complexity index is 554. The monoisotopic (exact) mass is 284 g/mol. The summed E-state index contributed by atoms with van der Waals surface area (Å²) in [5.41, 5.74) is 9.31. The van der Waals surface area contributed by atoms with Crippen LogP contribution in [-0.4, -0.2) is 25.1 Å². The molecule has 0 radical (unpaired) electrons. The van der Waals surface area contributed by atoms with Crippen LogP contribution in [-0.2, 0) is 13.0 Å². The van der Waals surface area contributed by atoms with Gasteiger partial charge in [0, 0.05) is 13.1 Å². The third-order valence-corrected chi connectivity index (χ3v) is 3.45. The van der Waals surface area contributed by atoms with Crippen molar-refractivity contribution in [1.29, 1.82) is 0 Å². The Labute approximate surface area is 127 Å². The average Bonchev–Trinajstić information content (AvgIpc) is 2.49. The summed E-state index contributed by atoms with van der Waals surface area (Å²) in [6.07, 6.45) is 0.986. The Kier molecular flexibility index (Phi) is 5.64. The van der Waals surface area contributed by atoms with Crippen LogP contribution in [0.2, 0.25) is 0 Å². The standard InChI is InChI=1S/C18H24N2O/c1-3-21-18-10-9-15(13-17(18)19)11-12-20(2)14-16-7-5-4-6-8-16/h4-10,13H,3,11-12,14,19H2,1-2H3. The molecular formula is C18H24N2O. The fourth-order valence-electron chi connectivity index (χ4n) is 2.33. The van der Waals surface area contributed by atoms with Crippen LogP contribution in [0, 0.1) is 0 Å². The highest BCUT2D eigenvalue weighted by Crippen LogP contribution is 2.22. The Balaban J connectivity index is 1.86. The molecule has 2 rings (SSSR count). The second kappa shape index (κ2) is 7.70. The first kappa shape index (κ1) is 15.4. The largest absolute Gasteiger partial charge is 0.492 e. The number of nitrogens with zero attached hydrogens (tertiary/aromatic N) is 1. The molecular weight excluding hydrogens is 260 g/mol. The van der Waals surface area contributed by atoms with Crippen molar-refractivity contribution in [3.05, 3.63) is 59.7 Å². The summed E-state index contributed by atoms with van der Waals surface area (Å²) in [5.74, 6) is 0.777. The van der Waals surface area contributed by atoms with E-state index >= 15 is 0 Å². The van der Waals surface area contributed by atoms with Gasteiger partial charge in [-0.15, -0.1) is 0 Å². The van der Waals surface area contributed by atoms with Crippen molar-refractivity contribution in [2.75, 3.05) is 25.9 Å². The van der Waals surface area contributed by atoms with Gasteiger partial charge < -0.3 is 15.4 Å². The Hall–Kier alpha value is -2.00. The molecule has 0 saturated carbocycles. The molecule has 0 aliphatic carbocycles. The van der Waals surface area contributed by atoms with E-state index in [-0.39, 0.29) is 0 Å². The zero-order valence-electron chi connectivity index (χ0n) is 12.9. The number of ether oxygens (including phenoxy) is 1. The molecule has 0 spiro atoms. The van der Waals surface area contributed by atoms with Crippen LogP contribution < -0.4 is 10.5 Å². The number of rotatable bonds is 7. The number of hydrogen-bond donors (Lipinski definition) is 1. The van der Waals surface area contributed by atoms with Crippen LogP contribution in [0.25, 0.3) is 0 Å². The third-order valence-electron chi connectivity index (χ3n) is 3.45. The Morgan fingerprint density at radius 2 is 1.81 bits per heavy atom. The zero-order valence-corrected chi connectivity index (χ0v) is 12.9. The second-order valence-electron chi connectivity index (χ2n) is 5.28. The molecule has 0 unspecified atom stereocenters. The van der Waals surface area contributed by atoms with Gasteiger partial charge >= 0.3 is 0 Å². The van der Waals surface area contributed by atoms with E-state index in [4.69, 9.17) is 10.5 Å². The summed E-state index contributed by atoms with van der Waals surface area (Å²) in [5, 5.41) is 0. The van der Waals surface area contributed by atoms with Crippen LogP contribution in [0.4, 0.5) is 5.69 Å². The van der Waals surface area contributed by atoms with Gasteiger partial charge in [-0.05, 0) is 43.7 Å². The van der Waals surface area contributed by atoms with Crippen LogP contribution in [0.5, 0.6) is 5.75 Å². The highest BCUT2D eigenvalue weighted by atomic mass is 16.5. The molecule has 0 amide bonds. The second-order valence-corrected chi connectivity index (χ2v) is 5.28. The number of anilines is 1. The van der Waals surface area contributed by atoms with E-state index in [2.05, 4.69) is 42.3 Å².